The Labute approximate surface area is 124 Å². The highest BCUT2D eigenvalue weighted by Crippen LogP contribution is 2.26. The summed E-state index contributed by atoms with van der Waals surface area (Å²) in [7, 11) is 1.71. The van der Waals surface area contributed by atoms with Gasteiger partial charge in [-0.05, 0) is 31.2 Å². The van der Waals surface area contributed by atoms with Crippen molar-refractivity contribution in [3.63, 3.8) is 0 Å². The van der Waals surface area contributed by atoms with Gasteiger partial charge in [0.2, 0.25) is 0 Å². The Morgan fingerprint density at radius 2 is 1.86 bits per heavy atom. The van der Waals surface area contributed by atoms with Crippen molar-refractivity contribution < 1.29 is 18.7 Å². The number of furan rings is 1. The van der Waals surface area contributed by atoms with Crippen LogP contribution in [-0.2, 0) is 11.3 Å². The van der Waals surface area contributed by atoms with Crippen molar-refractivity contribution in [3.8, 4) is 11.5 Å². The first-order valence-electron chi connectivity index (χ1n) is 6.81. The molecule has 0 aliphatic carbocycles. The molecule has 0 aliphatic rings. The third-order valence-corrected chi connectivity index (χ3v) is 2.90. The summed E-state index contributed by atoms with van der Waals surface area (Å²) in [5, 5.41) is 0. The van der Waals surface area contributed by atoms with Gasteiger partial charge >= 0.3 is 0 Å². The number of para-hydroxylation sites is 2. The molecule has 0 radical (unpaired) electrons. The lowest BCUT2D eigenvalue weighted by molar-refractivity contribution is -0.132. The van der Waals surface area contributed by atoms with Gasteiger partial charge in [0.1, 0.15) is 5.76 Å². The molecule has 1 aromatic carbocycles. The fraction of sp³-hybridized carbons (Fsp3) is 0.312. The molecular weight excluding hydrogens is 270 g/mol. The molecule has 0 saturated carbocycles. The standard InChI is InChI=1S/C16H19NO4/c1-3-19-14-8-4-5-9-15(14)21-12-16(18)17(2)11-13-7-6-10-20-13/h4-10H,3,11-12H2,1-2H3. The lowest BCUT2D eigenvalue weighted by Gasteiger charge is -2.17. The first kappa shape index (κ1) is 15.0. The molecule has 5 nitrogen and oxygen atoms in total. The summed E-state index contributed by atoms with van der Waals surface area (Å²) in [5.74, 6) is 1.82. The molecule has 0 spiro atoms. The number of likely N-dealkylation sites (N-methyl/N-ethyl adjacent to an activating group) is 1. The Morgan fingerprint density at radius 1 is 1.14 bits per heavy atom. The zero-order chi connectivity index (χ0) is 15.1. The van der Waals surface area contributed by atoms with E-state index in [1.807, 2.05) is 31.2 Å². The summed E-state index contributed by atoms with van der Waals surface area (Å²) in [6.45, 7) is 2.83. The number of amides is 1. The van der Waals surface area contributed by atoms with Gasteiger partial charge in [-0.15, -0.1) is 0 Å². The van der Waals surface area contributed by atoms with Crippen LogP contribution in [-0.4, -0.2) is 31.1 Å². The largest absolute Gasteiger partial charge is 0.490 e. The van der Waals surface area contributed by atoms with Gasteiger partial charge in [0.05, 0.1) is 19.4 Å². The summed E-state index contributed by atoms with van der Waals surface area (Å²) in [5.41, 5.74) is 0. The second-order valence-corrected chi connectivity index (χ2v) is 4.50. The van der Waals surface area contributed by atoms with E-state index in [0.717, 1.165) is 5.76 Å². The van der Waals surface area contributed by atoms with Crippen molar-refractivity contribution in [2.75, 3.05) is 20.3 Å². The molecule has 1 aromatic heterocycles. The highest BCUT2D eigenvalue weighted by atomic mass is 16.5. The Bertz CT molecular complexity index is 565. The average Bonchev–Trinajstić information content (AvgIpc) is 2.99. The maximum absolute atomic E-state index is 12.0. The Morgan fingerprint density at radius 3 is 2.48 bits per heavy atom. The van der Waals surface area contributed by atoms with Gasteiger partial charge in [-0.1, -0.05) is 12.1 Å². The van der Waals surface area contributed by atoms with Crippen molar-refractivity contribution in [3.05, 3.63) is 48.4 Å². The minimum Gasteiger partial charge on any atom is -0.490 e. The summed E-state index contributed by atoms with van der Waals surface area (Å²) in [4.78, 5) is 13.6. The van der Waals surface area contributed by atoms with E-state index in [2.05, 4.69) is 0 Å². The minimum absolute atomic E-state index is 0.0404. The third-order valence-electron chi connectivity index (χ3n) is 2.90. The van der Waals surface area contributed by atoms with Crippen molar-refractivity contribution >= 4 is 5.91 Å². The molecule has 0 N–H and O–H groups in total. The van der Waals surface area contributed by atoms with Crippen LogP contribution in [0.4, 0.5) is 0 Å². The number of hydrogen-bond donors (Lipinski definition) is 0. The summed E-state index contributed by atoms with van der Waals surface area (Å²) in [6, 6.07) is 10.9. The second kappa shape index (κ2) is 7.38. The van der Waals surface area contributed by atoms with Gasteiger partial charge in [0.25, 0.3) is 5.91 Å². The average molecular weight is 289 g/mol. The van der Waals surface area contributed by atoms with E-state index in [0.29, 0.717) is 24.7 Å². The molecule has 0 saturated heterocycles. The van der Waals surface area contributed by atoms with E-state index < -0.39 is 0 Å². The lowest BCUT2D eigenvalue weighted by Crippen LogP contribution is -2.30. The quantitative estimate of drug-likeness (QED) is 0.786. The first-order chi connectivity index (χ1) is 10.2. The SMILES string of the molecule is CCOc1ccccc1OCC(=O)N(C)Cc1ccco1. The van der Waals surface area contributed by atoms with E-state index in [9.17, 15) is 4.79 Å². The molecule has 2 aromatic rings. The molecule has 21 heavy (non-hydrogen) atoms. The number of benzene rings is 1. The van der Waals surface area contributed by atoms with E-state index in [-0.39, 0.29) is 12.5 Å². The number of carbonyl (C=O) groups excluding carboxylic acids is 1. The maximum atomic E-state index is 12.0. The number of hydrogen-bond acceptors (Lipinski definition) is 4. The predicted molar refractivity (Wildman–Crippen MR) is 78.3 cm³/mol. The Hall–Kier alpha value is -2.43. The molecule has 2 rings (SSSR count). The summed E-state index contributed by atoms with van der Waals surface area (Å²) in [6.07, 6.45) is 1.59. The van der Waals surface area contributed by atoms with Gasteiger partial charge in [-0.25, -0.2) is 0 Å². The van der Waals surface area contributed by atoms with Gasteiger partial charge in [0, 0.05) is 7.05 Å². The van der Waals surface area contributed by atoms with E-state index in [1.165, 1.54) is 0 Å². The van der Waals surface area contributed by atoms with Crippen LogP contribution in [0.15, 0.2) is 47.1 Å². The molecule has 0 fully saturated rings. The molecule has 112 valence electrons. The van der Waals surface area contributed by atoms with E-state index in [4.69, 9.17) is 13.9 Å². The number of nitrogens with zero attached hydrogens (tertiary/aromatic N) is 1. The van der Waals surface area contributed by atoms with Crippen LogP contribution in [0.5, 0.6) is 11.5 Å². The van der Waals surface area contributed by atoms with Gasteiger partial charge in [-0.2, -0.15) is 0 Å². The van der Waals surface area contributed by atoms with E-state index >= 15 is 0 Å². The normalized spacial score (nSPS) is 10.2. The molecular formula is C16H19NO4. The molecule has 0 aliphatic heterocycles. The number of rotatable bonds is 7. The summed E-state index contributed by atoms with van der Waals surface area (Å²) >= 11 is 0. The monoisotopic (exact) mass is 289 g/mol. The van der Waals surface area contributed by atoms with Crippen molar-refractivity contribution in [1.29, 1.82) is 0 Å². The fourth-order valence-corrected chi connectivity index (χ4v) is 1.82. The third kappa shape index (κ3) is 4.27. The molecule has 1 amide bonds. The fourth-order valence-electron chi connectivity index (χ4n) is 1.82. The molecule has 0 bridgehead atoms. The molecule has 0 unspecified atom stereocenters. The van der Waals surface area contributed by atoms with Crippen molar-refractivity contribution in [2.45, 2.75) is 13.5 Å². The van der Waals surface area contributed by atoms with Crippen molar-refractivity contribution in [1.82, 2.24) is 4.90 Å². The van der Waals surface area contributed by atoms with Crippen LogP contribution in [0.2, 0.25) is 0 Å². The van der Waals surface area contributed by atoms with Crippen LogP contribution in [0.25, 0.3) is 0 Å². The topological polar surface area (TPSA) is 51.9 Å². The smallest absolute Gasteiger partial charge is 0.260 e. The second-order valence-electron chi connectivity index (χ2n) is 4.50. The highest BCUT2D eigenvalue weighted by Gasteiger charge is 2.13. The summed E-state index contributed by atoms with van der Waals surface area (Å²) < 4.78 is 16.2. The van der Waals surface area contributed by atoms with Crippen LogP contribution in [0.3, 0.4) is 0 Å². The zero-order valence-corrected chi connectivity index (χ0v) is 12.2. The predicted octanol–water partition coefficient (Wildman–Crippen LogP) is 2.72. The van der Waals surface area contributed by atoms with Crippen LogP contribution >= 0.6 is 0 Å². The van der Waals surface area contributed by atoms with Crippen LogP contribution in [0, 0.1) is 0 Å². The van der Waals surface area contributed by atoms with Crippen LogP contribution in [0.1, 0.15) is 12.7 Å². The van der Waals surface area contributed by atoms with E-state index in [1.54, 1.807) is 30.3 Å². The molecule has 5 heteroatoms. The van der Waals surface area contributed by atoms with Crippen molar-refractivity contribution in [2.24, 2.45) is 0 Å². The zero-order valence-electron chi connectivity index (χ0n) is 12.2. The molecule has 0 atom stereocenters. The number of carbonyl (C=O) groups is 1. The first-order valence-corrected chi connectivity index (χ1v) is 6.81. The van der Waals surface area contributed by atoms with Gasteiger partial charge in [0.15, 0.2) is 18.1 Å². The van der Waals surface area contributed by atoms with Gasteiger partial charge < -0.3 is 18.8 Å². The van der Waals surface area contributed by atoms with Crippen LogP contribution < -0.4 is 9.47 Å². The Kier molecular flexibility index (Phi) is 5.26. The number of ether oxygens (including phenoxy) is 2. The minimum atomic E-state index is -0.127. The highest BCUT2D eigenvalue weighted by molar-refractivity contribution is 5.77. The Balaban J connectivity index is 1.88. The lowest BCUT2D eigenvalue weighted by atomic mass is 10.3. The van der Waals surface area contributed by atoms with Gasteiger partial charge in [-0.3, -0.25) is 4.79 Å². The molecule has 1 heterocycles. The maximum Gasteiger partial charge on any atom is 0.260 e.